The van der Waals surface area contributed by atoms with Crippen LogP contribution in [0.4, 0.5) is 11.4 Å². The van der Waals surface area contributed by atoms with Crippen molar-refractivity contribution in [3.63, 3.8) is 0 Å². The van der Waals surface area contributed by atoms with Gasteiger partial charge in [0.15, 0.2) is 0 Å². The van der Waals surface area contributed by atoms with E-state index in [1.165, 1.54) is 5.48 Å². The zero-order valence-electron chi connectivity index (χ0n) is 10.7. The van der Waals surface area contributed by atoms with E-state index < -0.39 is 5.91 Å². The van der Waals surface area contributed by atoms with Crippen LogP contribution in [0.5, 0.6) is 0 Å². The molecule has 0 fully saturated rings. The lowest BCUT2D eigenvalue weighted by Gasteiger charge is -2.32. The van der Waals surface area contributed by atoms with E-state index in [2.05, 4.69) is 17.0 Å². The zero-order valence-corrected chi connectivity index (χ0v) is 11.5. The fourth-order valence-electron chi connectivity index (χ4n) is 2.29. The van der Waals surface area contributed by atoms with Crippen LogP contribution in [0.2, 0.25) is 0 Å². The summed E-state index contributed by atoms with van der Waals surface area (Å²) in [6.07, 6.45) is 0.177. The number of hydrogen-bond acceptors (Lipinski definition) is 4. The molecule has 0 saturated heterocycles. The molecular formula is C15H13N2O2S-. The maximum absolute atomic E-state index is 11.2. The molecule has 4 nitrogen and oxygen atoms in total. The lowest BCUT2D eigenvalue weighted by atomic mass is 10.2. The average molecular weight is 285 g/mol. The maximum Gasteiger partial charge on any atom is 0.211 e. The summed E-state index contributed by atoms with van der Waals surface area (Å²) in [4.78, 5) is 15.6. The van der Waals surface area contributed by atoms with Gasteiger partial charge in [0, 0.05) is 22.8 Å². The van der Waals surface area contributed by atoms with Crippen molar-refractivity contribution in [1.29, 1.82) is 0 Å². The number of hydrogen-bond donors (Lipinski definition) is 1. The van der Waals surface area contributed by atoms with Crippen LogP contribution in [-0.2, 0) is 4.79 Å². The van der Waals surface area contributed by atoms with E-state index >= 15 is 0 Å². The number of nitrogens with zero attached hydrogens (tertiary/aromatic N) is 1. The average Bonchev–Trinajstić information content (AvgIpc) is 2.51. The highest BCUT2D eigenvalue weighted by Gasteiger charge is 2.22. The van der Waals surface area contributed by atoms with Gasteiger partial charge in [-0.05, 0) is 24.3 Å². The quantitative estimate of drug-likeness (QED) is 0.879. The van der Waals surface area contributed by atoms with Crippen molar-refractivity contribution in [2.75, 3.05) is 11.4 Å². The molecule has 1 N–H and O–H groups in total. The summed E-state index contributed by atoms with van der Waals surface area (Å²) in [6.45, 7) is 0.489. The summed E-state index contributed by atoms with van der Waals surface area (Å²) in [7, 11) is 0. The van der Waals surface area contributed by atoms with Crippen LogP contribution in [0.3, 0.4) is 0 Å². The SMILES string of the molecule is O=C(CCN1c2ccccc2Sc2ccccc21)N[O-]. The predicted molar refractivity (Wildman–Crippen MR) is 80.1 cm³/mol. The van der Waals surface area contributed by atoms with Crippen molar-refractivity contribution in [3.05, 3.63) is 53.7 Å². The number of para-hydroxylation sites is 2. The van der Waals surface area contributed by atoms with E-state index in [1.54, 1.807) is 11.8 Å². The molecule has 1 aliphatic heterocycles. The Labute approximate surface area is 121 Å². The smallest absolute Gasteiger partial charge is 0.211 e. The van der Waals surface area contributed by atoms with Crippen molar-refractivity contribution in [2.45, 2.75) is 16.2 Å². The van der Waals surface area contributed by atoms with Crippen LogP contribution in [0.25, 0.3) is 0 Å². The Kier molecular flexibility index (Phi) is 3.62. The Morgan fingerprint density at radius 2 is 1.60 bits per heavy atom. The topological polar surface area (TPSA) is 55.4 Å². The van der Waals surface area contributed by atoms with E-state index in [4.69, 9.17) is 0 Å². The molecule has 0 aromatic heterocycles. The highest BCUT2D eigenvalue weighted by atomic mass is 32.2. The standard InChI is InChI=1S/C15H13N2O2S/c18-15(16-19)9-10-17-11-5-1-3-7-13(11)20-14-8-4-2-6-12(14)17/h1-8H,9-10H2,(H-,16,18,19)/q-1. The zero-order chi connectivity index (χ0) is 13.9. The second kappa shape index (κ2) is 5.56. The first kappa shape index (κ1) is 13.0. The molecule has 0 saturated carbocycles. The van der Waals surface area contributed by atoms with Crippen molar-refractivity contribution in [1.82, 2.24) is 5.48 Å². The summed E-state index contributed by atoms with van der Waals surface area (Å²) in [5.41, 5.74) is 3.59. The van der Waals surface area contributed by atoms with Crippen LogP contribution in [-0.4, -0.2) is 12.5 Å². The first-order valence-electron chi connectivity index (χ1n) is 6.34. The number of fused-ring (bicyclic) bond motifs is 2. The Morgan fingerprint density at radius 3 is 2.15 bits per heavy atom. The van der Waals surface area contributed by atoms with E-state index in [0.717, 1.165) is 21.2 Å². The third kappa shape index (κ3) is 2.37. The number of hydroxylamine groups is 1. The van der Waals surface area contributed by atoms with Gasteiger partial charge in [0.05, 0.1) is 11.4 Å². The third-order valence-electron chi connectivity index (χ3n) is 3.21. The van der Waals surface area contributed by atoms with Gasteiger partial charge in [-0.25, -0.2) is 0 Å². The van der Waals surface area contributed by atoms with Gasteiger partial charge in [-0.1, -0.05) is 36.0 Å². The van der Waals surface area contributed by atoms with Gasteiger partial charge in [-0.15, -0.1) is 0 Å². The summed E-state index contributed by atoms with van der Waals surface area (Å²) in [6, 6.07) is 16.2. The molecule has 0 aliphatic carbocycles. The Balaban J connectivity index is 1.97. The molecule has 1 amide bonds. The Bertz CT molecular complexity index is 600. The molecule has 0 bridgehead atoms. The van der Waals surface area contributed by atoms with Crippen molar-refractivity contribution < 1.29 is 4.79 Å². The van der Waals surface area contributed by atoms with Crippen LogP contribution in [0.15, 0.2) is 58.3 Å². The van der Waals surface area contributed by atoms with E-state index in [-0.39, 0.29) is 6.42 Å². The molecule has 1 aliphatic rings. The van der Waals surface area contributed by atoms with Gasteiger partial charge in [0.1, 0.15) is 0 Å². The van der Waals surface area contributed by atoms with Gasteiger partial charge in [0.2, 0.25) is 5.91 Å². The highest BCUT2D eigenvalue weighted by Crippen LogP contribution is 2.47. The first-order chi connectivity index (χ1) is 9.79. The summed E-state index contributed by atoms with van der Waals surface area (Å²) in [5.74, 6) is -0.488. The Morgan fingerprint density at radius 1 is 1.05 bits per heavy atom. The minimum absolute atomic E-state index is 0.177. The fraction of sp³-hybridized carbons (Fsp3) is 0.133. The van der Waals surface area contributed by atoms with Crippen LogP contribution >= 0.6 is 11.8 Å². The first-order valence-corrected chi connectivity index (χ1v) is 7.15. The fourth-order valence-corrected chi connectivity index (χ4v) is 3.38. The van der Waals surface area contributed by atoms with E-state index in [0.29, 0.717) is 6.54 Å². The van der Waals surface area contributed by atoms with Gasteiger partial charge < -0.3 is 15.6 Å². The number of nitrogens with one attached hydrogen (secondary N) is 1. The van der Waals surface area contributed by atoms with Crippen molar-refractivity contribution in [2.24, 2.45) is 0 Å². The second-order valence-corrected chi connectivity index (χ2v) is 5.55. The van der Waals surface area contributed by atoms with E-state index in [1.807, 2.05) is 36.4 Å². The highest BCUT2D eigenvalue weighted by molar-refractivity contribution is 7.99. The van der Waals surface area contributed by atoms with Gasteiger partial charge in [0.25, 0.3) is 0 Å². The molecular weight excluding hydrogens is 272 g/mol. The van der Waals surface area contributed by atoms with Crippen molar-refractivity contribution >= 4 is 29.0 Å². The molecule has 102 valence electrons. The minimum atomic E-state index is -0.488. The van der Waals surface area contributed by atoms with Gasteiger partial charge in [-0.2, -0.15) is 0 Å². The van der Waals surface area contributed by atoms with Gasteiger partial charge in [-0.3, -0.25) is 4.79 Å². The summed E-state index contributed by atoms with van der Waals surface area (Å²) in [5, 5.41) is 10.4. The third-order valence-corrected chi connectivity index (χ3v) is 4.34. The number of benzene rings is 2. The second-order valence-electron chi connectivity index (χ2n) is 4.46. The number of carbonyl (C=O) groups excluding carboxylic acids is 1. The molecule has 2 aromatic rings. The molecule has 20 heavy (non-hydrogen) atoms. The summed E-state index contributed by atoms with van der Waals surface area (Å²) >= 11 is 1.72. The normalized spacial score (nSPS) is 12.6. The lowest BCUT2D eigenvalue weighted by molar-refractivity contribution is -0.119. The Hall–Kier alpha value is -1.98. The molecule has 2 aromatic carbocycles. The summed E-state index contributed by atoms with van der Waals surface area (Å²) < 4.78 is 0. The maximum atomic E-state index is 11.2. The number of anilines is 2. The van der Waals surface area contributed by atoms with Crippen LogP contribution in [0.1, 0.15) is 6.42 Å². The number of rotatable bonds is 3. The van der Waals surface area contributed by atoms with Crippen LogP contribution < -0.4 is 10.4 Å². The van der Waals surface area contributed by atoms with E-state index in [9.17, 15) is 10.0 Å². The number of carbonyl (C=O) groups is 1. The minimum Gasteiger partial charge on any atom is -0.759 e. The van der Waals surface area contributed by atoms with Crippen molar-refractivity contribution in [3.8, 4) is 0 Å². The molecule has 1 heterocycles. The molecule has 3 rings (SSSR count). The molecule has 0 atom stereocenters. The number of amides is 1. The monoisotopic (exact) mass is 285 g/mol. The molecule has 0 radical (unpaired) electrons. The molecule has 0 spiro atoms. The predicted octanol–water partition coefficient (Wildman–Crippen LogP) is 3.29. The van der Waals surface area contributed by atoms with Gasteiger partial charge >= 0.3 is 0 Å². The van der Waals surface area contributed by atoms with Crippen LogP contribution in [0, 0.1) is 5.21 Å². The molecule has 0 unspecified atom stereocenters. The largest absolute Gasteiger partial charge is 0.759 e. The molecule has 5 heteroatoms. The lowest BCUT2D eigenvalue weighted by Crippen LogP contribution is -2.27.